The van der Waals surface area contributed by atoms with E-state index in [0.29, 0.717) is 13.2 Å². The summed E-state index contributed by atoms with van der Waals surface area (Å²) in [7, 11) is 2.08. The fourth-order valence-electron chi connectivity index (χ4n) is 2.59. The van der Waals surface area contributed by atoms with Crippen LogP contribution in [0.2, 0.25) is 0 Å². The highest BCUT2D eigenvalue weighted by Crippen LogP contribution is 2.16. The van der Waals surface area contributed by atoms with Crippen LogP contribution in [0.15, 0.2) is 24.4 Å². The zero-order valence-electron chi connectivity index (χ0n) is 13.0. The van der Waals surface area contributed by atoms with Crippen molar-refractivity contribution in [3.8, 4) is 0 Å². The maximum absolute atomic E-state index is 10.4. The maximum Gasteiger partial charge on any atom is 0.0989 e. The summed E-state index contributed by atoms with van der Waals surface area (Å²) in [4.78, 5) is 6.51. The van der Waals surface area contributed by atoms with E-state index in [4.69, 9.17) is 4.74 Å². The molecule has 1 aromatic rings. The summed E-state index contributed by atoms with van der Waals surface area (Å²) in [5.74, 6) is 0. The number of likely N-dealkylation sites (N-methyl/N-ethyl adjacent to an activating group) is 1. The number of unbranched alkanes of at least 4 members (excludes halogenated alkanes) is 1. The lowest BCUT2D eigenvalue weighted by atomic mass is 10.1. The summed E-state index contributed by atoms with van der Waals surface area (Å²) in [6.07, 6.45) is 3.59. The molecular weight excluding hydrogens is 266 g/mol. The molecule has 5 nitrogen and oxygen atoms in total. The SMILES string of the molecule is CCCCN(C)C[C@@H]1OC[C@H](NCc2ccccn2)[C@H]1O. The Morgan fingerprint density at radius 3 is 3.05 bits per heavy atom. The molecule has 2 rings (SSSR count). The maximum atomic E-state index is 10.4. The number of aliphatic hydroxyl groups is 1. The normalized spacial score (nSPS) is 25.6. The molecule has 0 spiro atoms. The molecule has 0 bridgehead atoms. The lowest BCUT2D eigenvalue weighted by Crippen LogP contribution is -2.44. The lowest BCUT2D eigenvalue weighted by molar-refractivity contribution is 0.0199. The largest absolute Gasteiger partial charge is 0.389 e. The molecule has 1 saturated heterocycles. The third kappa shape index (κ3) is 5.04. The van der Waals surface area contributed by atoms with Gasteiger partial charge in [-0.05, 0) is 32.1 Å². The van der Waals surface area contributed by atoms with Gasteiger partial charge in [-0.3, -0.25) is 4.98 Å². The predicted octanol–water partition coefficient (Wildman–Crippen LogP) is 1.03. The first-order valence-electron chi connectivity index (χ1n) is 7.82. The molecule has 118 valence electrons. The van der Waals surface area contributed by atoms with Crippen molar-refractivity contribution in [1.82, 2.24) is 15.2 Å². The van der Waals surface area contributed by atoms with Crippen molar-refractivity contribution < 1.29 is 9.84 Å². The van der Waals surface area contributed by atoms with Crippen molar-refractivity contribution >= 4 is 0 Å². The van der Waals surface area contributed by atoms with Gasteiger partial charge >= 0.3 is 0 Å². The van der Waals surface area contributed by atoms with E-state index < -0.39 is 6.10 Å². The van der Waals surface area contributed by atoms with Crippen molar-refractivity contribution in [1.29, 1.82) is 0 Å². The Balaban J connectivity index is 1.74. The molecule has 5 heteroatoms. The smallest absolute Gasteiger partial charge is 0.0989 e. The first-order chi connectivity index (χ1) is 10.2. The van der Waals surface area contributed by atoms with Crippen LogP contribution in [0.3, 0.4) is 0 Å². The zero-order valence-corrected chi connectivity index (χ0v) is 13.0. The van der Waals surface area contributed by atoms with E-state index in [9.17, 15) is 5.11 Å². The fraction of sp³-hybridized carbons (Fsp3) is 0.688. The molecule has 0 radical (unpaired) electrons. The minimum atomic E-state index is -0.460. The Morgan fingerprint density at radius 2 is 2.33 bits per heavy atom. The first kappa shape index (κ1) is 16.4. The molecule has 3 atom stereocenters. The quantitative estimate of drug-likeness (QED) is 0.750. The molecule has 0 aliphatic carbocycles. The number of nitrogens with zero attached hydrogens (tertiary/aromatic N) is 2. The molecular formula is C16H27N3O2. The van der Waals surface area contributed by atoms with Crippen LogP contribution in [0.5, 0.6) is 0 Å². The number of rotatable bonds is 8. The number of pyridine rings is 1. The first-order valence-corrected chi connectivity index (χ1v) is 7.82. The van der Waals surface area contributed by atoms with Crippen LogP contribution >= 0.6 is 0 Å². The van der Waals surface area contributed by atoms with Gasteiger partial charge in [0.15, 0.2) is 0 Å². The van der Waals surface area contributed by atoms with Gasteiger partial charge in [0.2, 0.25) is 0 Å². The van der Waals surface area contributed by atoms with Gasteiger partial charge in [-0.15, -0.1) is 0 Å². The van der Waals surface area contributed by atoms with E-state index >= 15 is 0 Å². The minimum Gasteiger partial charge on any atom is -0.389 e. The summed E-state index contributed by atoms with van der Waals surface area (Å²) < 4.78 is 5.74. The Labute approximate surface area is 127 Å². The molecule has 1 aliphatic rings. The van der Waals surface area contributed by atoms with Crippen LogP contribution in [0.25, 0.3) is 0 Å². The van der Waals surface area contributed by atoms with Crippen LogP contribution in [-0.2, 0) is 11.3 Å². The average molecular weight is 293 g/mol. The number of hydrogen-bond donors (Lipinski definition) is 2. The molecule has 0 amide bonds. The van der Waals surface area contributed by atoms with E-state index in [1.807, 2.05) is 18.2 Å². The van der Waals surface area contributed by atoms with Gasteiger partial charge in [0.1, 0.15) is 0 Å². The number of nitrogens with one attached hydrogen (secondary N) is 1. The average Bonchev–Trinajstić information content (AvgIpc) is 2.85. The Kier molecular flexibility index (Phi) is 6.57. The molecule has 0 saturated carbocycles. The monoisotopic (exact) mass is 293 g/mol. The second-order valence-electron chi connectivity index (χ2n) is 5.79. The number of hydrogen-bond acceptors (Lipinski definition) is 5. The van der Waals surface area contributed by atoms with Crippen LogP contribution in [0.1, 0.15) is 25.5 Å². The Bertz CT molecular complexity index is 402. The third-order valence-corrected chi connectivity index (χ3v) is 3.94. The molecule has 1 fully saturated rings. The van der Waals surface area contributed by atoms with Gasteiger partial charge in [0.25, 0.3) is 0 Å². The van der Waals surface area contributed by atoms with Crippen molar-refractivity contribution in [2.24, 2.45) is 0 Å². The summed E-state index contributed by atoms with van der Waals surface area (Å²) in [5.41, 5.74) is 0.980. The van der Waals surface area contributed by atoms with Crippen LogP contribution in [0, 0.1) is 0 Å². The summed E-state index contributed by atoms with van der Waals surface area (Å²) in [5, 5.41) is 13.7. The highest BCUT2D eigenvalue weighted by Gasteiger charge is 2.35. The number of aromatic nitrogens is 1. The molecule has 2 N–H and O–H groups in total. The summed E-state index contributed by atoms with van der Waals surface area (Å²) >= 11 is 0. The summed E-state index contributed by atoms with van der Waals surface area (Å²) in [6, 6.07) is 5.83. The third-order valence-electron chi connectivity index (χ3n) is 3.94. The van der Waals surface area contributed by atoms with Gasteiger partial charge in [-0.2, -0.15) is 0 Å². The van der Waals surface area contributed by atoms with Gasteiger partial charge < -0.3 is 20.1 Å². The predicted molar refractivity (Wildman–Crippen MR) is 83.0 cm³/mol. The van der Waals surface area contributed by atoms with Gasteiger partial charge in [-0.25, -0.2) is 0 Å². The van der Waals surface area contributed by atoms with Crippen molar-refractivity contribution in [3.63, 3.8) is 0 Å². The highest BCUT2D eigenvalue weighted by atomic mass is 16.5. The molecule has 0 unspecified atom stereocenters. The van der Waals surface area contributed by atoms with Crippen molar-refractivity contribution in [3.05, 3.63) is 30.1 Å². The van der Waals surface area contributed by atoms with E-state index in [1.54, 1.807) is 6.20 Å². The molecule has 21 heavy (non-hydrogen) atoms. The minimum absolute atomic E-state index is 0.0171. The van der Waals surface area contributed by atoms with E-state index in [0.717, 1.165) is 18.8 Å². The molecule has 1 aliphatic heterocycles. The van der Waals surface area contributed by atoms with Crippen LogP contribution in [0.4, 0.5) is 0 Å². The second kappa shape index (κ2) is 8.44. The Morgan fingerprint density at radius 1 is 1.48 bits per heavy atom. The standard InChI is InChI=1S/C16H27N3O2/c1-3-4-9-19(2)11-15-16(20)14(12-21-15)18-10-13-7-5-6-8-17-13/h5-8,14-16,18,20H,3-4,9-12H2,1-2H3/t14-,15-,16+/m0/s1. The fourth-order valence-corrected chi connectivity index (χ4v) is 2.59. The zero-order chi connectivity index (χ0) is 15.1. The van der Waals surface area contributed by atoms with Crippen LogP contribution in [-0.4, -0.2) is 60.0 Å². The topological polar surface area (TPSA) is 57.6 Å². The Hall–Kier alpha value is -1.01. The van der Waals surface area contributed by atoms with E-state index in [1.165, 1.54) is 12.8 Å². The molecule has 1 aromatic heterocycles. The van der Waals surface area contributed by atoms with Gasteiger partial charge in [-0.1, -0.05) is 19.4 Å². The molecule has 2 heterocycles. The van der Waals surface area contributed by atoms with Crippen LogP contribution < -0.4 is 5.32 Å². The van der Waals surface area contributed by atoms with Gasteiger partial charge in [0, 0.05) is 19.3 Å². The van der Waals surface area contributed by atoms with Crippen molar-refractivity contribution in [2.45, 2.75) is 44.6 Å². The number of aliphatic hydroxyl groups excluding tert-OH is 1. The second-order valence-corrected chi connectivity index (χ2v) is 5.79. The highest BCUT2D eigenvalue weighted by molar-refractivity contribution is 5.03. The lowest BCUT2D eigenvalue weighted by Gasteiger charge is -2.23. The van der Waals surface area contributed by atoms with E-state index in [2.05, 4.69) is 29.2 Å². The summed E-state index contributed by atoms with van der Waals surface area (Å²) in [6.45, 7) is 5.23. The van der Waals surface area contributed by atoms with Gasteiger partial charge in [0.05, 0.1) is 30.6 Å². The van der Waals surface area contributed by atoms with E-state index in [-0.39, 0.29) is 12.1 Å². The molecule has 0 aromatic carbocycles. The number of ether oxygens (including phenoxy) is 1. The van der Waals surface area contributed by atoms with Crippen molar-refractivity contribution in [2.75, 3.05) is 26.7 Å².